The van der Waals surface area contributed by atoms with Crippen molar-refractivity contribution in [1.29, 1.82) is 0 Å². The van der Waals surface area contributed by atoms with Crippen molar-refractivity contribution in [1.82, 2.24) is 5.32 Å². The number of allylic oxidation sites excluding steroid dienone is 1. The molecule has 0 spiro atoms. The molecule has 1 amide bonds. The second-order valence-corrected chi connectivity index (χ2v) is 4.27. The molecular weight excluding hydrogens is 216 g/mol. The summed E-state index contributed by atoms with van der Waals surface area (Å²) in [5.41, 5.74) is 0. The van der Waals surface area contributed by atoms with Crippen LogP contribution in [-0.4, -0.2) is 18.6 Å². The van der Waals surface area contributed by atoms with E-state index in [1.807, 2.05) is 0 Å². The molecule has 5 heteroatoms. The van der Waals surface area contributed by atoms with E-state index in [9.17, 15) is 13.6 Å². The molecule has 0 aromatic carbocycles. The van der Waals surface area contributed by atoms with E-state index < -0.39 is 12.0 Å². The maximum absolute atomic E-state index is 12.8. The lowest BCUT2D eigenvalue weighted by molar-refractivity contribution is -0.0452. The molecule has 0 saturated heterocycles. The molecule has 1 rings (SSSR count). The Morgan fingerprint density at radius 2 is 2.06 bits per heavy atom. The Hall–Kier alpha value is -1.13. The van der Waals surface area contributed by atoms with Crippen molar-refractivity contribution in [3.05, 3.63) is 12.3 Å². The Morgan fingerprint density at radius 3 is 2.56 bits per heavy atom. The summed E-state index contributed by atoms with van der Waals surface area (Å²) >= 11 is 0. The molecule has 0 unspecified atom stereocenters. The number of hydrogen-bond donors (Lipinski definition) is 1. The van der Waals surface area contributed by atoms with E-state index in [1.54, 1.807) is 6.92 Å². The van der Waals surface area contributed by atoms with Crippen molar-refractivity contribution in [2.75, 3.05) is 6.54 Å². The normalized spacial score (nSPS) is 20.2. The lowest BCUT2D eigenvalue weighted by Crippen LogP contribution is -2.33. The number of amides is 1. The Bertz CT molecular complexity index is 269. The molecule has 92 valence electrons. The molecule has 1 aliphatic carbocycles. The van der Waals surface area contributed by atoms with Crippen LogP contribution in [0.5, 0.6) is 0 Å². The number of ether oxygens (including phenoxy) is 1. The third kappa shape index (κ3) is 4.59. The summed E-state index contributed by atoms with van der Waals surface area (Å²) in [4.78, 5) is 11.1. The van der Waals surface area contributed by atoms with Crippen LogP contribution in [0.4, 0.5) is 13.6 Å². The quantitative estimate of drug-likeness (QED) is 0.761. The van der Waals surface area contributed by atoms with E-state index >= 15 is 0 Å². The van der Waals surface area contributed by atoms with Gasteiger partial charge in [0.15, 0.2) is 0 Å². The zero-order chi connectivity index (χ0) is 12.2. The SMILES string of the molecule is C=C(C)OC(=O)NCC1CCC(F)(F)CC1. The molecule has 3 nitrogen and oxygen atoms in total. The predicted molar refractivity (Wildman–Crippen MR) is 56.2 cm³/mol. The van der Waals surface area contributed by atoms with Gasteiger partial charge in [-0.05, 0) is 25.7 Å². The average Bonchev–Trinajstić information content (AvgIpc) is 2.15. The van der Waals surface area contributed by atoms with Crippen molar-refractivity contribution in [2.24, 2.45) is 5.92 Å². The first-order valence-corrected chi connectivity index (χ1v) is 5.38. The highest BCUT2D eigenvalue weighted by Crippen LogP contribution is 2.35. The van der Waals surface area contributed by atoms with Crippen molar-refractivity contribution in [3.63, 3.8) is 0 Å². The zero-order valence-corrected chi connectivity index (χ0v) is 9.39. The highest BCUT2D eigenvalue weighted by Gasteiger charge is 2.34. The summed E-state index contributed by atoms with van der Waals surface area (Å²) in [5.74, 6) is -2.08. The molecule has 1 N–H and O–H groups in total. The maximum atomic E-state index is 12.8. The summed E-state index contributed by atoms with van der Waals surface area (Å²) in [6, 6.07) is 0. The number of carbonyl (C=O) groups excluding carboxylic acids is 1. The molecule has 1 saturated carbocycles. The van der Waals surface area contributed by atoms with Crippen LogP contribution < -0.4 is 5.32 Å². The Labute approximate surface area is 93.8 Å². The minimum absolute atomic E-state index is 0.0884. The fourth-order valence-electron chi connectivity index (χ4n) is 1.73. The lowest BCUT2D eigenvalue weighted by atomic mass is 9.87. The first-order valence-electron chi connectivity index (χ1n) is 5.38. The van der Waals surface area contributed by atoms with E-state index in [1.165, 1.54) is 0 Å². The number of alkyl halides is 2. The lowest BCUT2D eigenvalue weighted by Gasteiger charge is -2.28. The van der Waals surface area contributed by atoms with Crippen molar-refractivity contribution in [2.45, 2.75) is 38.5 Å². The molecule has 16 heavy (non-hydrogen) atoms. The second-order valence-electron chi connectivity index (χ2n) is 4.27. The van der Waals surface area contributed by atoms with Gasteiger partial charge < -0.3 is 10.1 Å². The van der Waals surface area contributed by atoms with Gasteiger partial charge in [-0.2, -0.15) is 0 Å². The fraction of sp³-hybridized carbons (Fsp3) is 0.727. The molecule has 0 atom stereocenters. The largest absolute Gasteiger partial charge is 0.416 e. The second kappa shape index (κ2) is 5.27. The molecule has 0 aliphatic heterocycles. The summed E-state index contributed by atoms with van der Waals surface area (Å²) in [6.45, 7) is 5.39. The van der Waals surface area contributed by atoms with Gasteiger partial charge >= 0.3 is 6.09 Å². The molecule has 0 radical (unpaired) electrons. The summed E-state index contributed by atoms with van der Waals surface area (Å²) in [7, 11) is 0. The smallest absolute Gasteiger partial charge is 0.412 e. The molecule has 0 heterocycles. The van der Waals surface area contributed by atoms with Gasteiger partial charge in [0, 0.05) is 19.4 Å². The van der Waals surface area contributed by atoms with Crippen LogP contribution in [0, 0.1) is 5.92 Å². The van der Waals surface area contributed by atoms with Crippen LogP contribution in [-0.2, 0) is 4.74 Å². The standard InChI is InChI=1S/C11H17F2NO2/c1-8(2)16-10(15)14-7-9-3-5-11(12,13)6-4-9/h9H,1,3-7H2,2H3,(H,14,15). The highest BCUT2D eigenvalue weighted by molar-refractivity contribution is 5.68. The topological polar surface area (TPSA) is 38.3 Å². The first-order chi connectivity index (χ1) is 7.39. The summed E-state index contributed by atoms with van der Waals surface area (Å²) in [6.07, 6.45) is 0.148. The van der Waals surface area contributed by atoms with Gasteiger partial charge in [-0.3, -0.25) is 0 Å². The average molecular weight is 233 g/mol. The van der Waals surface area contributed by atoms with Gasteiger partial charge in [0.25, 0.3) is 0 Å². The number of alkyl carbamates (subject to hydrolysis) is 1. The summed E-state index contributed by atoms with van der Waals surface area (Å²) < 4.78 is 30.3. The van der Waals surface area contributed by atoms with E-state index in [-0.39, 0.29) is 18.8 Å². The van der Waals surface area contributed by atoms with Crippen molar-refractivity contribution < 1.29 is 18.3 Å². The van der Waals surface area contributed by atoms with Crippen LogP contribution in [0.25, 0.3) is 0 Å². The van der Waals surface area contributed by atoms with Crippen LogP contribution in [0.2, 0.25) is 0 Å². The summed E-state index contributed by atoms with van der Waals surface area (Å²) in [5, 5.41) is 2.54. The van der Waals surface area contributed by atoms with Crippen LogP contribution in [0.15, 0.2) is 12.3 Å². The molecule has 0 bridgehead atoms. The number of hydrogen-bond acceptors (Lipinski definition) is 2. The number of carbonyl (C=O) groups is 1. The van der Waals surface area contributed by atoms with E-state index in [2.05, 4.69) is 16.6 Å². The predicted octanol–water partition coefficient (Wildman–Crippen LogP) is 3.07. The third-order valence-electron chi connectivity index (χ3n) is 2.64. The van der Waals surface area contributed by atoms with E-state index in [0.717, 1.165) is 0 Å². The van der Waals surface area contributed by atoms with Crippen molar-refractivity contribution >= 4 is 6.09 Å². The molecule has 1 aliphatic rings. The molecular formula is C11H17F2NO2. The first kappa shape index (κ1) is 12.9. The number of nitrogens with one attached hydrogen (secondary N) is 1. The van der Waals surface area contributed by atoms with Crippen LogP contribution >= 0.6 is 0 Å². The van der Waals surface area contributed by atoms with Gasteiger partial charge in [0.1, 0.15) is 0 Å². The van der Waals surface area contributed by atoms with E-state index in [0.29, 0.717) is 25.1 Å². The third-order valence-corrected chi connectivity index (χ3v) is 2.64. The van der Waals surface area contributed by atoms with Gasteiger partial charge in [0.2, 0.25) is 5.92 Å². The fourth-order valence-corrected chi connectivity index (χ4v) is 1.73. The Morgan fingerprint density at radius 1 is 1.50 bits per heavy atom. The van der Waals surface area contributed by atoms with E-state index in [4.69, 9.17) is 0 Å². The van der Waals surface area contributed by atoms with Gasteiger partial charge in [0.05, 0.1) is 5.76 Å². The maximum Gasteiger partial charge on any atom is 0.412 e. The highest BCUT2D eigenvalue weighted by atomic mass is 19.3. The zero-order valence-electron chi connectivity index (χ0n) is 9.39. The molecule has 1 fully saturated rings. The van der Waals surface area contributed by atoms with Gasteiger partial charge in [-0.15, -0.1) is 0 Å². The van der Waals surface area contributed by atoms with Gasteiger partial charge in [-0.1, -0.05) is 6.58 Å². The van der Waals surface area contributed by atoms with Crippen LogP contribution in [0.1, 0.15) is 32.6 Å². The van der Waals surface area contributed by atoms with Gasteiger partial charge in [-0.25, -0.2) is 13.6 Å². The number of halogens is 2. The monoisotopic (exact) mass is 233 g/mol. The number of rotatable bonds is 3. The van der Waals surface area contributed by atoms with Crippen LogP contribution in [0.3, 0.4) is 0 Å². The minimum Gasteiger partial charge on any atom is -0.416 e. The minimum atomic E-state index is -2.52. The molecule has 0 aromatic heterocycles. The Kier molecular flexibility index (Phi) is 4.26. The molecule has 0 aromatic rings. The van der Waals surface area contributed by atoms with Crippen molar-refractivity contribution in [3.8, 4) is 0 Å². The Balaban J connectivity index is 2.20.